The predicted molar refractivity (Wildman–Crippen MR) is 99.2 cm³/mol. The predicted octanol–water partition coefficient (Wildman–Crippen LogP) is 2.87. The van der Waals surface area contributed by atoms with Gasteiger partial charge in [0.2, 0.25) is 0 Å². The van der Waals surface area contributed by atoms with Gasteiger partial charge in [-0.15, -0.1) is 0 Å². The summed E-state index contributed by atoms with van der Waals surface area (Å²) in [6.07, 6.45) is 7.58. The summed E-state index contributed by atoms with van der Waals surface area (Å²) < 4.78 is 3.59. The van der Waals surface area contributed by atoms with E-state index in [1.165, 1.54) is 5.56 Å². The van der Waals surface area contributed by atoms with E-state index in [-0.39, 0.29) is 17.2 Å². The molecular weight excluding hydrogens is 326 g/mol. The molecule has 0 aliphatic carbocycles. The number of carbonyl (C=O) groups is 1. The lowest BCUT2D eigenvalue weighted by atomic mass is 9.79. The summed E-state index contributed by atoms with van der Waals surface area (Å²) in [4.78, 5) is 15.1. The first-order valence-corrected chi connectivity index (χ1v) is 8.82. The molecule has 0 spiro atoms. The molecule has 1 saturated heterocycles. The van der Waals surface area contributed by atoms with Crippen LogP contribution in [0.15, 0.2) is 55.1 Å². The van der Waals surface area contributed by atoms with Crippen molar-refractivity contribution in [1.82, 2.24) is 24.5 Å². The van der Waals surface area contributed by atoms with Crippen LogP contribution in [0.4, 0.5) is 0 Å². The second-order valence-electron chi connectivity index (χ2n) is 7.68. The quantitative estimate of drug-likeness (QED) is 0.731. The van der Waals surface area contributed by atoms with Crippen molar-refractivity contribution in [2.45, 2.75) is 19.8 Å². The van der Waals surface area contributed by atoms with Crippen molar-refractivity contribution < 1.29 is 4.79 Å². The van der Waals surface area contributed by atoms with Crippen LogP contribution in [-0.2, 0) is 7.05 Å². The van der Waals surface area contributed by atoms with E-state index in [9.17, 15) is 4.79 Å². The standard InChI is InChI=1S/C20H23N5O/c1-20(2)14-24(13-18(20)16-11-22-23(3)12-16)19(26)15-6-4-7-17(10-15)25-9-5-8-21-25/h4-12,18H,13-14H2,1-3H3. The molecule has 1 atom stereocenters. The van der Waals surface area contributed by atoms with Crippen LogP contribution < -0.4 is 0 Å². The first-order chi connectivity index (χ1) is 12.4. The van der Waals surface area contributed by atoms with Gasteiger partial charge in [-0.3, -0.25) is 9.48 Å². The average molecular weight is 349 g/mol. The van der Waals surface area contributed by atoms with Crippen LogP contribution in [0.2, 0.25) is 0 Å². The van der Waals surface area contributed by atoms with Crippen LogP contribution in [0.3, 0.4) is 0 Å². The lowest BCUT2D eigenvalue weighted by Gasteiger charge is -2.24. The van der Waals surface area contributed by atoms with Gasteiger partial charge in [-0.2, -0.15) is 10.2 Å². The molecule has 1 aromatic carbocycles. The van der Waals surface area contributed by atoms with E-state index in [2.05, 4.69) is 30.2 Å². The lowest BCUT2D eigenvalue weighted by Crippen LogP contribution is -2.30. The molecular formula is C20H23N5O. The molecule has 3 aromatic rings. The Bertz CT molecular complexity index is 925. The molecule has 1 unspecified atom stereocenters. The van der Waals surface area contributed by atoms with Gasteiger partial charge in [0.15, 0.2) is 0 Å². The molecule has 0 N–H and O–H groups in total. The Hall–Kier alpha value is -2.89. The van der Waals surface area contributed by atoms with Gasteiger partial charge in [-0.1, -0.05) is 19.9 Å². The lowest BCUT2D eigenvalue weighted by molar-refractivity contribution is 0.0778. The second kappa shape index (κ2) is 6.12. The molecule has 1 aliphatic rings. The van der Waals surface area contributed by atoms with Gasteiger partial charge in [0.25, 0.3) is 5.91 Å². The average Bonchev–Trinajstić information content (AvgIpc) is 3.34. The van der Waals surface area contributed by atoms with Gasteiger partial charge in [0, 0.05) is 50.2 Å². The fourth-order valence-electron chi connectivity index (χ4n) is 3.85. The number of aryl methyl sites for hydroxylation is 1. The van der Waals surface area contributed by atoms with Gasteiger partial charge in [-0.05, 0) is 35.2 Å². The first kappa shape index (κ1) is 16.6. The van der Waals surface area contributed by atoms with Crippen molar-refractivity contribution >= 4 is 5.91 Å². The van der Waals surface area contributed by atoms with Crippen molar-refractivity contribution in [3.63, 3.8) is 0 Å². The van der Waals surface area contributed by atoms with E-state index in [0.717, 1.165) is 12.2 Å². The number of hydrogen-bond acceptors (Lipinski definition) is 3. The summed E-state index contributed by atoms with van der Waals surface area (Å²) in [5.41, 5.74) is 2.79. The maximum absolute atomic E-state index is 13.1. The third-order valence-electron chi connectivity index (χ3n) is 5.22. The topological polar surface area (TPSA) is 56.0 Å². The molecule has 4 rings (SSSR count). The monoisotopic (exact) mass is 349 g/mol. The van der Waals surface area contributed by atoms with E-state index < -0.39 is 0 Å². The van der Waals surface area contributed by atoms with Crippen molar-refractivity contribution in [2.24, 2.45) is 12.5 Å². The minimum atomic E-state index is 0.0122. The normalized spacial score (nSPS) is 19.0. The molecule has 0 bridgehead atoms. The summed E-state index contributed by atoms with van der Waals surface area (Å²) in [5.74, 6) is 0.355. The molecule has 6 heteroatoms. The Morgan fingerprint density at radius 2 is 2.08 bits per heavy atom. The van der Waals surface area contributed by atoms with E-state index >= 15 is 0 Å². The second-order valence-corrected chi connectivity index (χ2v) is 7.68. The zero-order chi connectivity index (χ0) is 18.3. The van der Waals surface area contributed by atoms with Crippen LogP contribution in [-0.4, -0.2) is 43.5 Å². The fourth-order valence-corrected chi connectivity index (χ4v) is 3.85. The zero-order valence-corrected chi connectivity index (χ0v) is 15.3. The molecule has 1 fully saturated rings. The van der Waals surface area contributed by atoms with Crippen molar-refractivity contribution in [3.05, 3.63) is 66.2 Å². The number of aromatic nitrogens is 4. The number of hydrogen-bond donors (Lipinski definition) is 0. The van der Waals surface area contributed by atoms with E-state index in [4.69, 9.17) is 0 Å². The number of likely N-dealkylation sites (tertiary alicyclic amines) is 1. The van der Waals surface area contributed by atoms with Gasteiger partial charge in [0.1, 0.15) is 0 Å². The van der Waals surface area contributed by atoms with Gasteiger partial charge in [0.05, 0.1) is 11.9 Å². The Labute approximate surface area is 153 Å². The largest absolute Gasteiger partial charge is 0.337 e. The minimum absolute atomic E-state index is 0.0122. The molecule has 1 amide bonds. The molecule has 0 radical (unpaired) electrons. The van der Waals surface area contributed by atoms with E-state index in [1.54, 1.807) is 10.9 Å². The highest BCUT2D eigenvalue weighted by molar-refractivity contribution is 5.95. The van der Waals surface area contributed by atoms with Crippen LogP contribution in [0, 0.1) is 5.41 Å². The van der Waals surface area contributed by atoms with Crippen LogP contribution in [0.1, 0.15) is 35.7 Å². The van der Waals surface area contributed by atoms with Crippen LogP contribution in [0.5, 0.6) is 0 Å². The highest BCUT2D eigenvalue weighted by atomic mass is 16.2. The summed E-state index contributed by atoms with van der Waals surface area (Å²) in [7, 11) is 1.93. The van der Waals surface area contributed by atoms with Gasteiger partial charge < -0.3 is 4.90 Å². The van der Waals surface area contributed by atoms with E-state index in [1.807, 2.05) is 59.4 Å². The number of benzene rings is 1. The summed E-state index contributed by atoms with van der Waals surface area (Å²) in [5, 5.41) is 8.54. The Balaban J connectivity index is 1.58. The van der Waals surface area contributed by atoms with Crippen LogP contribution in [0.25, 0.3) is 5.69 Å². The van der Waals surface area contributed by atoms with Crippen LogP contribution >= 0.6 is 0 Å². The van der Waals surface area contributed by atoms with Gasteiger partial charge in [-0.25, -0.2) is 4.68 Å². The zero-order valence-electron chi connectivity index (χ0n) is 15.3. The van der Waals surface area contributed by atoms with Gasteiger partial charge >= 0.3 is 0 Å². The summed E-state index contributed by atoms with van der Waals surface area (Å²) >= 11 is 0. The molecule has 134 valence electrons. The SMILES string of the molecule is Cn1cc(C2CN(C(=O)c3cccc(-n4cccn4)c3)CC2(C)C)cn1. The van der Waals surface area contributed by atoms with Crippen molar-refractivity contribution in [3.8, 4) is 5.69 Å². The molecule has 3 heterocycles. The third-order valence-corrected chi connectivity index (χ3v) is 5.22. The number of rotatable bonds is 3. The maximum atomic E-state index is 13.1. The third kappa shape index (κ3) is 2.92. The molecule has 26 heavy (non-hydrogen) atoms. The van der Waals surface area contributed by atoms with E-state index in [0.29, 0.717) is 12.1 Å². The smallest absolute Gasteiger partial charge is 0.253 e. The molecule has 6 nitrogen and oxygen atoms in total. The fraction of sp³-hybridized carbons (Fsp3) is 0.350. The number of nitrogens with zero attached hydrogens (tertiary/aromatic N) is 5. The number of carbonyl (C=O) groups excluding carboxylic acids is 1. The maximum Gasteiger partial charge on any atom is 0.253 e. The minimum Gasteiger partial charge on any atom is -0.337 e. The van der Waals surface area contributed by atoms with Crippen molar-refractivity contribution in [2.75, 3.05) is 13.1 Å². The number of amides is 1. The Morgan fingerprint density at radius 1 is 1.23 bits per heavy atom. The first-order valence-electron chi connectivity index (χ1n) is 8.82. The summed E-state index contributed by atoms with van der Waals surface area (Å²) in [6.45, 7) is 5.89. The Morgan fingerprint density at radius 3 is 2.77 bits per heavy atom. The Kier molecular flexibility index (Phi) is 3.90. The molecule has 1 aliphatic heterocycles. The van der Waals surface area contributed by atoms with Crippen molar-refractivity contribution in [1.29, 1.82) is 0 Å². The molecule has 2 aromatic heterocycles. The summed E-state index contributed by atoms with van der Waals surface area (Å²) in [6, 6.07) is 9.51. The highest BCUT2D eigenvalue weighted by Crippen LogP contribution is 2.42. The molecule has 0 saturated carbocycles. The highest BCUT2D eigenvalue weighted by Gasteiger charge is 2.42.